The van der Waals surface area contributed by atoms with E-state index in [0.717, 1.165) is 87.9 Å². The molecule has 2 aliphatic carbocycles. The van der Waals surface area contributed by atoms with Crippen molar-refractivity contribution >= 4 is 56.8 Å². The number of aryl methyl sites for hydroxylation is 2. The molecule has 4 N–H and O–H groups in total. The first-order valence-corrected chi connectivity index (χ1v) is 20.7. The van der Waals surface area contributed by atoms with Crippen molar-refractivity contribution < 1.29 is 29.0 Å². The Balaban J connectivity index is 0.902. The number of aromatic amines is 2. The molecule has 5 aromatic rings. The molecule has 8 atom stereocenters. The number of carbonyl (C=O) groups is 4. The average molecular weight is 789 g/mol. The Labute approximate surface area is 336 Å². The minimum Gasteiger partial charge on any atom is -0.465 e. The molecule has 4 amide bonds. The molecule has 304 valence electrons. The first kappa shape index (κ1) is 37.9. The molecule has 4 heterocycles. The molecule has 14 heteroatoms. The van der Waals surface area contributed by atoms with Crippen LogP contribution in [0.25, 0.3) is 32.8 Å². The smallest absolute Gasteiger partial charge is 0.407 e. The summed E-state index contributed by atoms with van der Waals surface area (Å²) in [6.07, 6.45) is 3.56. The summed E-state index contributed by atoms with van der Waals surface area (Å²) in [5.74, 6) is 1.91. The molecular formula is C44H52N8O6. The normalized spacial score (nSPS) is 24.3. The Kier molecular flexibility index (Phi) is 9.35. The number of alkyl carbamates (subject to hydrolysis) is 1. The van der Waals surface area contributed by atoms with Gasteiger partial charge in [0.1, 0.15) is 23.7 Å². The molecule has 4 fully saturated rings. The van der Waals surface area contributed by atoms with E-state index in [-0.39, 0.29) is 47.8 Å². The Hall–Kier alpha value is -5.66. The maximum atomic E-state index is 14.0. The fraction of sp³-hybridized carbons (Fsp3) is 0.500. The molecule has 0 spiro atoms. The Morgan fingerprint density at radius 3 is 2.07 bits per heavy atom. The van der Waals surface area contributed by atoms with E-state index in [4.69, 9.17) is 14.7 Å². The lowest BCUT2D eigenvalue weighted by atomic mass is 10.0. The summed E-state index contributed by atoms with van der Waals surface area (Å²) < 4.78 is 4.81. The number of nitrogens with one attached hydrogen (secondary N) is 3. The highest BCUT2D eigenvalue weighted by molar-refractivity contribution is 6.04. The number of nitrogens with zero attached hydrogens (tertiary/aromatic N) is 5. The zero-order chi connectivity index (χ0) is 40.7. The van der Waals surface area contributed by atoms with E-state index >= 15 is 0 Å². The Morgan fingerprint density at radius 1 is 0.810 bits per heavy atom. The van der Waals surface area contributed by atoms with Crippen LogP contribution in [0.3, 0.4) is 0 Å². The number of H-pyrrole nitrogens is 2. The highest BCUT2D eigenvalue weighted by atomic mass is 16.5. The van der Waals surface area contributed by atoms with E-state index in [2.05, 4.69) is 57.7 Å². The van der Waals surface area contributed by atoms with E-state index in [1.807, 2.05) is 43.6 Å². The number of imidazole rings is 2. The molecule has 3 aromatic carbocycles. The molecule has 4 aliphatic rings. The molecule has 0 bridgehead atoms. The third-order valence-electron chi connectivity index (χ3n) is 13.2. The van der Waals surface area contributed by atoms with Gasteiger partial charge >= 0.3 is 12.2 Å². The highest BCUT2D eigenvalue weighted by Crippen LogP contribution is 2.55. The van der Waals surface area contributed by atoms with E-state index < -0.39 is 24.3 Å². The van der Waals surface area contributed by atoms with Gasteiger partial charge in [-0.3, -0.25) is 14.5 Å². The van der Waals surface area contributed by atoms with Crippen molar-refractivity contribution in [3.8, 4) is 0 Å². The van der Waals surface area contributed by atoms with Crippen LogP contribution in [0.4, 0.5) is 9.59 Å². The van der Waals surface area contributed by atoms with Crippen molar-refractivity contribution in [2.45, 2.75) is 102 Å². The summed E-state index contributed by atoms with van der Waals surface area (Å²) >= 11 is 0. The third kappa shape index (κ3) is 6.59. The SMILES string of the molecule is COC(=O)N[C@H](C(=O)N1[C@@H]2C[C@H]2C[C@H]1c1nc2cc(CCc3ccc4c(ccc5nc([C@@H]6C[C@H]7C[C@H]7N6C(=O)[C@H](C(C)C)N(C)C(=O)O)[nH]c54)c3)ccc2[nH]1)C(C)C. The van der Waals surface area contributed by atoms with Gasteiger partial charge in [-0.25, -0.2) is 19.6 Å². The number of likely N-dealkylation sites (N-methyl/N-ethyl adjacent to an activating group) is 1. The molecule has 2 saturated carbocycles. The lowest BCUT2D eigenvalue weighted by Crippen LogP contribution is -2.52. The van der Waals surface area contributed by atoms with Gasteiger partial charge in [0.15, 0.2) is 0 Å². The van der Waals surface area contributed by atoms with E-state index in [1.165, 1.54) is 25.3 Å². The standard InChI is InChI=1S/C44H52N8O6/c1-21(2)36(49-43(55)58-6)41(53)51-32-17-26(32)19-34(51)39-45-29-13-10-24(16-31(29)47-39)8-7-23-9-12-28-25(15-23)11-14-30-37(28)48-40(46-30)35-20-27-18-33(27)52(35)42(54)38(22(3)4)50(5)44(56)57/h9-16,21-22,26-27,32-36,38H,7-8,17-20H2,1-6H3,(H,45,47)(H,46,48)(H,49,55)(H,56,57)/t26-,27+,32+,33+,34-,35-,36-,38-/m0/s1. The second-order valence-corrected chi connectivity index (χ2v) is 17.7. The maximum absolute atomic E-state index is 14.0. The van der Waals surface area contributed by atoms with Crippen LogP contribution < -0.4 is 5.32 Å². The largest absolute Gasteiger partial charge is 0.465 e. The fourth-order valence-electron chi connectivity index (χ4n) is 9.93. The van der Waals surface area contributed by atoms with E-state index in [1.54, 1.807) is 0 Å². The van der Waals surface area contributed by atoms with Crippen LogP contribution in [0, 0.1) is 23.7 Å². The van der Waals surface area contributed by atoms with Gasteiger partial charge in [-0.2, -0.15) is 0 Å². The molecule has 0 radical (unpaired) electrons. The maximum Gasteiger partial charge on any atom is 0.407 e. The molecule has 14 nitrogen and oxygen atoms in total. The number of amides is 4. The summed E-state index contributed by atoms with van der Waals surface area (Å²) in [6, 6.07) is 15.5. The van der Waals surface area contributed by atoms with Crippen LogP contribution in [-0.4, -0.2) is 102 Å². The molecular weight excluding hydrogens is 737 g/mol. The zero-order valence-corrected chi connectivity index (χ0v) is 33.9. The number of aromatic nitrogens is 4. The van der Waals surface area contributed by atoms with Crippen molar-refractivity contribution in [3.63, 3.8) is 0 Å². The third-order valence-corrected chi connectivity index (χ3v) is 13.2. The number of ether oxygens (including phenoxy) is 1. The monoisotopic (exact) mass is 788 g/mol. The number of piperidine rings is 2. The predicted octanol–water partition coefficient (Wildman–Crippen LogP) is 6.72. The number of hydrogen-bond acceptors (Lipinski definition) is 7. The van der Waals surface area contributed by atoms with Crippen LogP contribution in [0.15, 0.2) is 48.5 Å². The highest BCUT2D eigenvalue weighted by Gasteiger charge is 2.57. The van der Waals surface area contributed by atoms with Gasteiger partial charge in [-0.1, -0.05) is 58.0 Å². The summed E-state index contributed by atoms with van der Waals surface area (Å²) in [4.78, 5) is 73.9. The second-order valence-electron chi connectivity index (χ2n) is 17.7. The quantitative estimate of drug-likeness (QED) is 0.114. The number of likely N-dealkylation sites (tertiary alicyclic amines) is 2. The van der Waals surface area contributed by atoms with Crippen LogP contribution in [0.5, 0.6) is 0 Å². The summed E-state index contributed by atoms with van der Waals surface area (Å²) in [7, 11) is 2.78. The van der Waals surface area contributed by atoms with Crippen molar-refractivity contribution in [1.29, 1.82) is 0 Å². The zero-order valence-electron chi connectivity index (χ0n) is 33.9. The summed E-state index contributed by atoms with van der Waals surface area (Å²) in [5, 5.41) is 14.6. The van der Waals surface area contributed by atoms with E-state index in [9.17, 15) is 24.3 Å². The van der Waals surface area contributed by atoms with E-state index in [0.29, 0.717) is 11.8 Å². The average Bonchev–Trinajstić information content (AvgIpc) is 3.85. The first-order valence-electron chi connectivity index (χ1n) is 20.7. The Morgan fingerprint density at radius 2 is 1.43 bits per heavy atom. The van der Waals surface area contributed by atoms with Crippen LogP contribution in [0.2, 0.25) is 0 Å². The molecule has 58 heavy (non-hydrogen) atoms. The lowest BCUT2D eigenvalue weighted by Gasteiger charge is -2.35. The minimum atomic E-state index is -1.11. The fourth-order valence-corrected chi connectivity index (χ4v) is 9.93. The Bertz CT molecular complexity index is 2460. The second kappa shape index (κ2) is 14.3. The van der Waals surface area contributed by atoms with Gasteiger partial charge < -0.3 is 34.9 Å². The number of carboxylic acid groups (broad SMARTS) is 1. The van der Waals surface area contributed by atoms with Crippen LogP contribution in [-0.2, 0) is 27.2 Å². The molecule has 2 aliphatic heterocycles. The molecule has 2 aromatic heterocycles. The number of hydrogen-bond donors (Lipinski definition) is 4. The van der Waals surface area contributed by atoms with Gasteiger partial charge in [0.05, 0.1) is 41.3 Å². The van der Waals surface area contributed by atoms with Gasteiger partial charge in [0.25, 0.3) is 0 Å². The first-order chi connectivity index (χ1) is 27.8. The summed E-state index contributed by atoms with van der Waals surface area (Å²) in [6.45, 7) is 7.64. The van der Waals surface area contributed by atoms with Crippen LogP contribution >= 0.6 is 0 Å². The van der Waals surface area contributed by atoms with Crippen molar-refractivity contribution in [3.05, 3.63) is 71.3 Å². The van der Waals surface area contributed by atoms with Gasteiger partial charge in [-0.05, 0) is 96.9 Å². The molecule has 9 rings (SSSR count). The van der Waals surface area contributed by atoms with Crippen LogP contribution in [0.1, 0.15) is 88.2 Å². The lowest BCUT2D eigenvalue weighted by molar-refractivity contribution is -0.140. The number of benzene rings is 3. The number of methoxy groups -OCH3 is 1. The van der Waals surface area contributed by atoms with Gasteiger partial charge in [-0.15, -0.1) is 0 Å². The summed E-state index contributed by atoms with van der Waals surface area (Å²) in [5.41, 5.74) is 5.98. The number of fused-ring (bicyclic) bond motifs is 6. The molecule has 0 unspecified atom stereocenters. The van der Waals surface area contributed by atoms with Crippen molar-refractivity contribution in [1.82, 2.24) is 40.0 Å². The van der Waals surface area contributed by atoms with Crippen molar-refractivity contribution in [2.75, 3.05) is 14.2 Å². The molecule has 2 saturated heterocycles. The van der Waals surface area contributed by atoms with Crippen molar-refractivity contribution in [2.24, 2.45) is 23.7 Å². The number of carbonyl (C=O) groups excluding carboxylic acids is 3. The number of rotatable bonds is 11. The topological polar surface area (TPSA) is 177 Å². The van der Waals surface area contributed by atoms with Gasteiger partial charge in [0, 0.05) is 24.5 Å². The predicted molar refractivity (Wildman–Crippen MR) is 218 cm³/mol. The minimum absolute atomic E-state index is 0.0909. The van der Waals surface area contributed by atoms with Gasteiger partial charge in [0.2, 0.25) is 11.8 Å².